The Balaban J connectivity index is 0.000000197. The quantitative estimate of drug-likeness (QED) is 0.0516. The minimum atomic E-state index is -1.22. The molecule has 20 heteroatoms. The Morgan fingerprint density at radius 1 is 0.797 bits per heavy atom. The van der Waals surface area contributed by atoms with Crippen molar-refractivity contribution < 1.29 is 24.5 Å². The first-order valence-electron chi connectivity index (χ1n) is 21.0. The first kappa shape index (κ1) is 46.2. The predicted octanol–water partition coefficient (Wildman–Crippen LogP) is 7.12. The van der Waals surface area contributed by atoms with Crippen LogP contribution in [0.2, 0.25) is 35.7 Å². The molecule has 8 rings (SSSR count). The first-order valence-corrected chi connectivity index (χ1v) is 25.5. The summed E-state index contributed by atoms with van der Waals surface area (Å²) >= 11 is 12.3. The van der Waals surface area contributed by atoms with Crippen molar-refractivity contribution in [2.24, 2.45) is 14.1 Å². The third-order valence-electron chi connectivity index (χ3n) is 10.9. The van der Waals surface area contributed by atoms with Crippen LogP contribution >= 0.6 is 23.2 Å². The molecule has 336 valence electrons. The number of nitrogens with one attached hydrogen (secondary N) is 3. The van der Waals surface area contributed by atoms with Gasteiger partial charge in [0.1, 0.15) is 40.5 Å². The number of H-pyrrole nitrogens is 1. The van der Waals surface area contributed by atoms with Gasteiger partial charge in [-0.2, -0.15) is 10.2 Å². The molecule has 6 aromatic heterocycles. The molecule has 5 N–H and O–H groups in total. The molecule has 0 radical (unpaired) electrons. The van der Waals surface area contributed by atoms with Gasteiger partial charge >= 0.3 is 0 Å². The van der Waals surface area contributed by atoms with Gasteiger partial charge in [0, 0.05) is 62.0 Å². The Morgan fingerprint density at radius 2 is 1.33 bits per heavy atom. The van der Waals surface area contributed by atoms with E-state index in [-0.39, 0.29) is 43.8 Å². The van der Waals surface area contributed by atoms with E-state index in [9.17, 15) is 19.8 Å². The number of fused-ring (bicyclic) bond motifs is 4. The van der Waals surface area contributed by atoms with Gasteiger partial charge in [0.2, 0.25) is 0 Å². The normalized spacial score (nSPS) is 12.8. The van der Waals surface area contributed by atoms with Crippen LogP contribution in [0.5, 0.6) is 0 Å². The zero-order valence-electron chi connectivity index (χ0n) is 36.8. The van der Waals surface area contributed by atoms with Crippen LogP contribution in [0.3, 0.4) is 0 Å². The molecule has 0 unspecified atom stereocenters. The molecule has 0 saturated heterocycles. The molecule has 0 spiro atoms. The third-order valence-corrected chi connectivity index (χ3v) is 13.0. The fraction of sp³-hybridized carbons (Fsp3) is 0.364. The Bertz CT molecular complexity index is 2970. The van der Waals surface area contributed by atoms with E-state index >= 15 is 0 Å². The summed E-state index contributed by atoms with van der Waals surface area (Å²) in [6, 6.07) is 11.5. The molecule has 0 saturated carbocycles. The molecule has 0 fully saturated rings. The summed E-state index contributed by atoms with van der Waals surface area (Å²) in [4.78, 5) is 47.3. The lowest BCUT2D eigenvalue weighted by atomic mass is 10.1. The molecule has 17 nitrogen and oxygen atoms in total. The third kappa shape index (κ3) is 9.96. The van der Waals surface area contributed by atoms with Crippen molar-refractivity contribution in [2.45, 2.75) is 71.2 Å². The molecule has 0 bridgehead atoms. The van der Waals surface area contributed by atoms with Gasteiger partial charge in [0.25, 0.3) is 11.8 Å². The molecule has 2 atom stereocenters. The van der Waals surface area contributed by atoms with Crippen LogP contribution in [-0.2, 0) is 25.6 Å². The number of aliphatic hydroxyl groups is 2. The standard InChI is InChI=1S/C25H33ClN6O3Si.C19H19ClN6O2/c1-6-17(14-33)28-25(34)19-13-32(15-35-9-10-36(3,4)5)24-23(19)29-20(12-27-24)22-18-8-7-16(26)11-21(18)31(2)30-22;1-3-11(9-27)23-19(28)13-7-21-18-17(13)24-14(8-22-18)16-12-5-4-10(20)6-15(12)26(2)25-16/h7-8,11-13,17,33H,6,9-10,14-15H2,1-5H3,(H,28,34);4-8,11,27H,3,9H2,1-2H3,(H,21,22)(H,23,28)/t17-;11-/m11/s1. The second-order valence-electron chi connectivity index (χ2n) is 16.7. The van der Waals surface area contributed by atoms with Crippen molar-refractivity contribution in [3.05, 3.63) is 82.4 Å². The average Bonchev–Trinajstić information content (AvgIpc) is 4.04. The van der Waals surface area contributed by atoms with Gasteiger partial charge < -0.3 is 35.1 Å². The van der Waals surface area contributed by atoms with Crippen LogP contribution in [-0.4, -0.2) is 111 Å². The van der Waals surface area contributed by atoms with Gasteiger partial charge in [0.05, 0.1) is 59.9 Å². The zero-order chi connectivity index (χ0) is 45.9. The number of ether oxygens (including phenoxy) is 1. The number of hydrogen-bond acceptors (Lipinski definition) is 11. The number of aliphatic hydroxyl groups excluding tert-OH is 2. The summed E-state index contributed by atoms with van der Waals surface area (Å²) in [7, 11) is 2.46. The number of amides is 2. The van der Waals surface area contributed by atoms with E-state index in [0.29, 0.717) is 85.7 Å². The fourth-order valence-corrected chi connectivity index (χ4v) is 8.16. The Kier molecular flexibility index (Phi) is 14.1. The summed E-state index contributed by atoms with van der Waals surface area (Å²) in [5, 5.41) is 36.8. The van der Waals surface area contributed by atoms with E-state index in [1.54, 1.807) is 44.8 Å². The Labute approximate surface area is 380 Å². The number of carbonyl (C=O) groups excluding carboxylic acids is 2. The van der Waals surface area contributed by atoms with E-state index in [0.717, 1.165) is 27.8 Å². The monoisotopic (exact) mass is 926 g/mol. The minimum Gasteiger partial charge on any atom is -0.394 e. The second-order valence-corrected chi connectivity index (χ2v) is 23.2. The van der Waals surface area contributed by atoms with Gasteiger partial charge in [0.15, 0.2) is 11.3 Å². The SMILES string of the molecule is CC[C@H](CO)NC(=O)c1c[nH]c2ncc(-c3nn(C)c4cc(Cl)ccc34)nc12.CC[C@H](CO)NC(=O)c1cn(COCC[Si](C)(C)C)c2ncc(-c3nn(C)c4cc(Cl)ccc34)nc12. The summed E-state index contributed by atoms with van der Waals surface area (Å²) < 4.78 is 11.2. The van der Waals surface area contributed by atoms with Crippen LogP contribution < -0.4 is 10.6 Å². The van der Waals surface area contributed by atoms with Crippen LogP contribution in [0.25, 0.3) is 66.9 Å². The lowest BCUT2D eigenvalue weighted by Crippen LogP contribution is -2.36. The lowest BCUT2D eigenvalue weighted by molar-refractivity contribution is 0.0883. The number of nitrogens with zero attached hydrogens (tertiary/aromatic N) is 9. The van der Waals surface area contributed by atoms with E-state index < -0.39 is 8.07 Å². The Morgan fingerprint density at radius 3 is 1.86 bits per heavy atom. The lowest BCUT2D eigenvalue weighted by Gasteiger charge is -2.15. The number of rotatable bonds is 15. The number of aromatic nitrogens is 10. The van der Waals surface area contributed by atoms with Crippen molar-refractivity contribution in [3.8, 4) is 22.8 Å². The van der Waals surface area contributed by atoms with Crippen LogP contribution in [0.15, 0.2) is 61.2 Å². The van der Waals surface area contributed by atoms with Crippen molar-refractivity contribution in [1.82, 2.24) is 59.7 Å². The molecular weight excluding hydrogens is 876 g/mol. The van der Waals surface area contributed by atoms with E-state index in [2.05, 4.69) is 60.4 Å². The summed E-state index contributed by atoms with van der Waals surface area (Å²) in [6.07, 6.45) is 7.83. The second kappa shape index (κ2) is 19.5. The highest BCUT2D eigenvalue weighted by atomic mass is 35.5. The van der Waals surface area contributed by atoms with Crippen LogP contribution in [0, 0.1) is 0 Å². The molecule has 2 amide bonds. The van der Waals surface area contributed by atoms with Crippen LogP contribution in [0.1, 0.15) is 47.4 Å². The number of benzene rings is 2. The maximum Gasteiger partial charge on any atom is 0.255 e. The van der Waals surface area contributed by atoms with Crippen LogP contribution in [0.4, 0.5) is 0 Å². The fourth-order valence-electron chi connectivity index (χ4n) is 7.07. The predicted molar refractivity (Wildman–Crippen MR) is 252 cm³/mol. The Hall–Kier alpha value is -5.76. The molecular formula is C44H52Cl2N12O5Si. The number of aryl methyl sites for hydroxylation is 2. The number of hydrogen-bond donors (Lipinski definition) is 5. The van der Waals surface area contributed by atoms with Crippen molar-refractivity contribution in [1.29, 1.82) is 0 Å². The molecule has 2 aromatic carbocycles. The summed E-state index contributed by atoms with van der Waals surface area (Å²) in [6.45, 7) is 11.4. The van der Waals surface area contributed by atoms with Gasteiger partial charge in [-0.15, -0.1) is 0 Å². The van der Waals surface area contributed by atoms with Gasteiger partial charge in [-0.05, 0) is 55.3 Å². The highest BCUT2D eigenvalue weighted by molar-refractivity contribution is 6.76. The molecule has 0 aliphatic heterocycles. The summed E-state index contributed by atoms with van der Waals surface area (Å²) in [5.41, 5.74) is 6.91. The summed E-state index contributed by atoms with van der Waals surface area (Å²) in [5.74, 6) is -0.623. The van der Waals surface area contributed by atoms with E-state index in [4.69, 9.17) is 32.9 Å². The highest BCUT2D eigenvalue weighted by Crippen LogP contribution is 2.31. The van der Waals surface area contributed by atoms with E-state index in [1.807, 2.05) is 58.3 Å². The first-order chi connectivity index (χ1) is 30.6. The molecule has 0 aliphatic rings. The number of aromatic amines is 1. The molecule has 6 heterocycles. The molecule has 0 aliphatic carbocycles. The van der Waals surface area contributed by atoms with Crippen molar-refractivity contribution in [2.75, 3.05) is 19.8 Å². The van der Waals surface area contributed by atoms with Crippen molar-refractivity contribution >= 4 is 87.2 Å². The van der Waals surface area contributed by atoms with Gasteiger partial charge in [-0.3, -0.25) is 19.0 Å². The topological polar surface area (TPSA) is 216 Å². The number of halogens is 2. The average molecular weight is 928 g/mol. The largest absolute Gasteiger partial charge is 0.394 e. The maximum absolute atomic E-state index is 13.2. The van der Waals surface area contributed by atoms with E-state index in [1.165, 1.54) is 0 Å². The maximum atomic E-state index is 13.2. The van der Waals surface area contributed by atoms with Gasteiger partial charge in [-0.25, -0.2) is 19.9 Å². The highest BCUT2D eigenvalue weighted by Gasteiger charge is 2.23. The van der Waals surface area contributed by atoms with Crippen molar-refractivity contribution in [3.63, 3.8) is 0 Å². The molecule has 64 heavy (non-hydrogen) atoms. The molecule has 8 aromatic rings. The van der Waals surface area contributed by atoms with Gasteiger partial charge in [-0.1, -0.05) is 56.7 Å². The minimum absolute atomic E-state index is 0.121. The smallest absolute Gasteiger partial charge is 0.255 e. The number of carbonyl (C=O) groups is 2. The zero-order valence-corrected chi connectivity index (χ0v) is 39.3.